The zero-order chi connectivity index (χ0) is 18.7. The first kappa shape index (κ1) is 18.7. The molecule has 0 aliphatic carbocycles. The lowest BCUT2D eigenvalue weighted by molar-refractivity contribution is 0.297. The second-order valence-electron chi connectivity index (χ2n) is 6.82. The summed E-state index contributed by atoms with van der Waals surface area (Å²) in [7, 11) is -2.02. The van der Waals surface area contributed by atoms with Crippen molar-refractivity contribution in [3.8, 4) is 11.5 Å². The normalized spacial score (nSPS) is 14.5. The molecule has 26 heavy (non-hydrogen) atoms. The number of sulfonamides is 1. The van der Waals surface area contributed by atoms with Gasteiger partial charge in [-0.1, -0.05) is 38.1 Å². The summed E-state index contributed by atoms with van der Waals surface area (Å²) in [6.45, 7) is 5.68. The average molecular weight is 375 g/mol. The molecule has 2 aromatic carbocycles. The molecule has 1 heterocycles. The third kappa shape index (κ3) is 4.02. The summed E-state index contributed by atoms with van der Waals surface area (Å²) in [6.07, 6.45) is 0.781. The Morgan fingerprint density at radius 2 is 1.65 bits per heavy atom. The van der Waals surface area contributed by atoms with E-state index >= 15 is 0 Å². The Morgan fingerprint density at radius 3 is 2.31 bits per heavy atom. The van der Waals surface area contributed by atoms with Crippen molar-refractivity contribution in [2.75, 3.05) is 20.3 Å². The first-order valence-corrected chi connectivity index (χ1v) is 10.3. The van der Waals surface area contributed by atoms with E-state index in [2.05, 4.69) is 13.8 Å². The molecule has 0 unspecified atom stereocenters. The van der Waals surface area contributed by atoms with Crippen LogP contribution in [0.2, 0.25) is 0 Å². The van der Waals surface area contributed by atoms with Crippen molar-refractivity contribution in [1.29, 1.82) is 0 Å². The predicted molar refractivity (Wildman–Crippen MR) is 101 cm³/mol. The number of hydrogen-bond donors (Lipinski definition) is 0. The number of nitrogens with zero attached hydrogens (tertiary/aromatic N) is 1. The topological polar surface area (TPSA) is 55.8 Å². The molecule has 0 saturated heterocycles. The summed E-state index contributed by atoms with van der Waals surface area (Å²) in [5.41, 5.74) is 2.19. The largest absolute Gasteiger partial charge is 0.490 e. The molecule has 6 heteroatoms. The van der Waals surface area contributed by atoms with Gasteiger partial charge in [-0.15, -0.1) is 0 Å². The highest BCUT2D eigenvalue weighted by atomic mass is 32.2. The zero-order valence-electron chi connectivity index (χ0n) is 15.4. The summed E-state index contributed by atoms with van der Waals surface area (Å²) in [6, 6.07) is 12.8. The van der Waals surface area contributed by atoms with E-state index in [1.807, 2.05) is 24.3 Å². The molecular weight excluding hydrogens is 350 g/mol. The van der Waals surface area contributed by atoms with Gasteiger partial charge in [-0.2, -0.15) is 4.31 Å². The predicted octanol–water partition coefficient (Wildman–Crippen LogP) is 3.79. The summed E-state index contributed by atoms with van der Waals surface area (Å²) < 4.78 is 38.4. The van der Waals surface area contributed by atoms with Crippen molar-refractivity contribution in [3.63, 3.8) is 0 Å². The first-order chi connectivity index (χ1) is 12.4. The van der Waals surface area contributed by atoms with Gasteiger partial charge in [0.15, 0.2) is 11.5 Å². The molecule has 140 valence electrons. The SMILES string of the molecule is CC(C)c1ccc(CN(C)S(=O)(=O)c2ccc3c(c2)OCCCO3)cc1. The molecular formula is C20H25NO4S. The molecule has 0 aromatic heterocycles. The molecule has 0 amide bonds. The van der Waals surface area contributed by atoms with Crippen LogP contribution in [0.5, 0.6) is 11.5 Å². The highest BCUT2D eigenvalue weighted by molar-refractivity contribution is 7.89. The molecule has 0 radical (unpaired) electrons. The number of fused-ring (bicyclic) bond motifs is 1. The highest BCUT2D eigenvalue weighted by Crippen LogP contribution is 2.33. The number of benzene rings is 2. The molecule has 3 rings (SSSR count). The molecule has 0 atom stereocenters. The molecule has 0 fully saturated rings. The minimum atomic E-state index is -3.61. The van der Waals surface area contributed by atoms with E-state index in [1.165, 1.54) is 9.87 Å². The van der Waals surface area contributed by atoms with E-state index in [0.29, 0.717) is 37.2 Å². The summed E-state index contributed by atoms with van der Waals surface area (Å²) in [4.78, 5) is 0.211. The molecule has 1 aliphatic rings. The van der Waals surface area contributed by atoms with Crippen LogP contribution in [-0.2, 0) is 16.6 Å². The van der Waals surface area contributed by atoms with E-state index in [0.717, 1.165) is 12.0 Å². The number of hydrogen-bond acceptors (Lipinski definition) is 4. The average Bonchev–Trinajstić information content (AvgIpc) is 2.86. The summed E-state index contributed by atoms with van der Waals surface area (Å²) in [5.74, 6) is 1.53. The Bertz CT molecular complexity index is 860. The van der Waals surface area contributed by atoms with Gasteiger partial charge in [-0.05, 0) is 29.2 Å². The van der Waals surface area contributed by atoms with Crippen molar-refractivity contribution in [1.82, 2.24) is 4.31 Å². The lowest BCUT2D eigenvalue weighted by atomic mass is 10.0. The van der Waals surface area contributed by atoms with E-state index in [-0.39, 0.29) is 4.90 Å². The van der Waals surface area contributed by atoms with E-state index in [9.17, 15) is 8.42 Å². The zero-order valence-corrected chi connectivity index (χ0v) is 16.3. The van der Waals surface area contributed by atoms with Crippen LogP contribution in [0.1, 0.15) is 37.3 Å². The van der Waals surface area contributed by atoms with Gasteiger partial charge in [0.05, 0.1) is 18.1 Å². The Kier molecular flexibility index (Phi) is 5.53. The van der Waals surface area contributed by atoms with Crippen molar-refractivity contribution in [2.45, 2.75) is 37.6 Å². The van der Waals surface area contributed by atoms with Crippen molar-refractivity contribution < 1.29 is 17.9 Å². The molecule has 0 N–H and O–H groups in total. The van der Waals surface area contributed by atoms with Crippen LogP contribution in [0.25, 0.3) is 0 Å². The van der Waals surface area contributed by atoms with Crippen LogP contribution in [-0.4, -0.2) is 33.0 Å². The van der Waals surface area contributed by atoms with Crippen LogP contribution >= 0.6 is 0 Å². The molecule has 0 spiro atoms. The van der Waals surface area contributed by atoms with Crippen molar-refractivity contribution in [3.05, 3.63) is 53.6 Å². The molecule has 0 bridgehead atoms. The Morgan fingerprint density at radius 1 is 1.00 bits per heavy atom. The molecule has 1 aliphatic heterocycles. The van der Waals surface area contributed by atoms with Gasteiger partial charge in [-0.25, -0.2) is 8.42 Å². The lowest BCUT2D eigenvalue weighted by Crippen LogP contribution is -2.26. The van der Waals surface area contributed by atoms with Gasteiger partial charge in [0, 0.05) is 26.1 Å². The van der Waals surface area contributed by atoms with Crippen LogP contribution in [0.15, 0.2) is 47.4 Å². The van der Waals surface area contributed by atoms with Crippen molar-refractivity contribution >= 4 is 10.0 Å². The van der Waals surface area contributed by atoms with Gasteiger partial charge in [0.1, 0.15) is 0 Å². The number of ether oxygens (including phenoxy) is 2. The molecule has 0 saturated carbocycles. The second-order valence-corrected chi connectivity index (χ2v) is 8.86. The van der Waals surface area contributed by atoms with Crippen LogP contribution in [0, 0.1) is 0 Å². The highest BCUT2D eigenvalue weighted by Gasteiger charge is 2.23. The molecule has 2 aromatic rings. The van der Waals surface area contributed by atoms with Crippen molar-refractivity contribution in [2.24, 2.45) is 0 Å². The summed E-state index contributed by atoms with van der Waals surface area (Å²) in [5, 5.41) is 0. The van der Waals surface area contributed by atoms with Crippen LogP contribution < -0.4 is 9.47 Å². The van der Waals surface area contributed by atoms with Crippen LogP contribution in [0.3, 0.4) is 0 Å². The Hall–Kier alpha value is -2.05. The Labute approximate surface area is 155 Å². The smallest absolute Gasteiger partial charge is 0.243 e. The second kappa shape index (κ2) is 7.68. The fraction of sp³-hybridized carbons (Fsp3) is 0.400. The minimum Gasteiger partial charge on any atom is -0.490 e. The molecule has 5 nitrogen and oxygen atoms in total. The van der Waals surface area contributed by atoms with Crippen LogP contribution in [0.4, 0.5) is 0 Å². The monoisotopic (exact) mass is 375 g/mol. The van der Waals surface area contributed by atoms with E-state index in [4.69, 9.17) is 9.47 Å². The maximum Gasteiger partial charge on any atom is 0.243 e. The van der Waals surface area contributed by atoms with Gasteiger partial charge in [0.25, 0.3) is 0 Å². The third-order valence-corrected chi connectivity index (χ3v) is 6.28. The fourth-order valence-electron chi connectivity index (χ4n) is 2.83. The summed E-state index contributed by atoms with van der Waals surface area (Å²) >= 11 is 0. The number of rotatable bonds is 5. The van der Waals surface area contributed by atoms with E-state index in [1.54, 1.807) is 25.2 Å². The van der Waals surface area contributed by atoms with Gasteiger partial charge in [-0.3, -0.25) is 0 Å². The first-order valence-electron chi connectivity index (χ1n) is 8.83. The standard InChI is InChI=1S/C20H25NO4S/c1-15(2)17-7-5-16(6-8-17)14-21(3)26(22,23)18-9-10-19-20(13-18)25-12-4-11-24-19/h5-10,13,15H,4,11-12,14H2,1-3H3. The minimum absolute atomic E-state index is 0.211. The van der Waals surface area contributed by atoms with Gasteiger partial charge < -0.3 is 9.47 Å². The maximum absolute atomic E-state index is 12.9. The van der Waals surface area contributed by atoms with Gasteiger partial charge >= 0.3 is 0 Å². The maximum atomic E-state index is 12.9. The quantitative estimate of drug-likeness (QED) is 0.798. The fourth-order valence-corrected chi connectivity index (χ4v) is 4.01. The Balaban J connectivity index is 1.79. The third-order valence-electron chi connectivity index (χ3n) is 4.48. The van der Waals surface area contributed by atoms with E-state index < -0.39 is 10.0 Å². The lowest BCUT2D eigenvalue weighted by Gasteiger charge is -2.18. The van der Waals surface area contributed by atoms with Gasteiger partial charge in [0.2, 0.25) is 10.0 Å².